The third kappa shape index (κ3) is 4.09. The van der Waals surface area contributed by atoms with Crippen LogP contribution in [0.15, 0.2) is 164 Å². The number of benzene rings is 6. The Morgan fingerprint density at radius 1 is 0.512 bits per heavy atom. The van der Waals surface area contributed by atoms with Gasteiger partial charge in [-0.3, -0.25) is 0 Å². The standard InChI is InChI=1S/C39H29N2OP/c42-43(30-18-6-2-7-19-30,31-20-8-3-9-21-31)32-22-14-15-28(27-32)38-39-37(33-23-10-12-25-35(33)40-38)34-24-11-13-26-36(34)41(39)29-16-4-1-5-17-29/h1-27,42-43H. The van der Waals surface area contributed by atoms with Gasteiger partial charge in [0.2, 0.25) is 0 Å². The zero-order valence-corrected chi connectivity index (χ0v) is 24.4. The van der Waals surface area contributed by atoms with E-state index < -0.39 is 7.49 Å². The molecule has 1 N–H and O–H groups in total. The Balaban J connectivity index is 1.47. The molecule has 0 unspecified atom stereocenters. The molecular formula is C39H29N2OP. The monoisotopic (exact) mass is 572 g/mol. The summed E-state index contributed by atoms with van der Waals surface area (Å²) in [7, 11) is -3.31. The van der Waals surface area contributed by atoms with Gasteiger partial charge in [-0.1, -0.05) is 0 Å². The summed E-state index contributed by atoms with van der Waals surface area (Å²) in [6.45, 7) is 0. The van der Waals surface area contributed by atoms with Crippen molar-refractivity contribution in [1.82, 2.24) is 9.55 Å². The number of fused-ring (bicyclic) bond motifs is 5. The molecule has 0 aliphatic carbocycles. The summed E-state index contributed by atoms with van der Waals surface area (Å²) in [4.78, 5) is 18.1. The Bertz CT molecular complexity index is 2200. The van der Waals surface area contributed by atoms with Crippen molar-refractivity contribution in [3.8, 4) is 16.9 Å². The van der Waals surface area contributed by atoms with Crippen molar-refractivity contribution >= 4 is 56.1 Å². The van der Waals surface area contributed by atoms with Crippen LogP contribution in [-0.4, -0.2) is 14.4 Å². The molecule has 43 heavy (non-hydrogen) atoms. The predicted molar refractivity (Wildman–Crippen MR) is 184 cm³/mol. The third-order valence-corrected chi connectivity index (χ3v) is 11.9. The van der Waals surface area contributed by atoms with Crippen molar-refractivity contribution in [3.05, 3.63) is 164 Å². The molecule has 0 spiro atoms. The number of rotatable bonds is 5. The Labute approximate surface area is 250 Å². The van der Waals surface area contributed by atoms with Gasteiger partial charge in [-0.15, -0.1) is 0 Å². The van der Waals surface area contributed by atoms with E-state index in [0.29, 0.717) is 0 Å². The molecule has 0 amide bonds. The zero-order valence-electron chi connectivity index (χ0n) is 23.4. The van der Waals surface area contributed by atoms with Crippen LogP contribution in [0.1, 0.15) is 0 Å². The van der Waals surface area contributed by atoms with E-state index in [1.807, 2.05) is 72.8 Å². The van der Waals surface area contributed by atoms with Gasteiger partial charge in [-0.05, 0) is 0 Å². The molecule has 4 heteroatoms. The quantitative estimate of drug-likeness (QED) is 0.213. The molecule has 0 atom stereocenters. The Morgan fingerprint density at radius 2 is 1.07 bits per heavy atom. The van der Waals surface area contributed by atoms with E-state index in [-0.39, 0.29) is 0 Å². The van der Waals surface area contributed by atoms with Crippen LogP contribution in [0.4, 0.5) is 0 Å². The molecule has 206 valence electrons. The third-order valence-electron chi connectivity index (χ3n) is 8.46. The van der Waals surface area contributed by atoms with Gasteiger partial charge in [0, 0.05) is 0 Å². The van der Waals surface area contributed by atoms with Crippen LogP contribution in [0.2, 0.25) is 0 Å². The number of hydrogen-bond donors (Lipinski definition) is 1. The second kappa shape index (κ2) is 10.3. The second-order valence-corrected chi connectivity index (χ2v) is 14.1. The number of hydrogen-bond acceptors (Lipinski definition) is 2. The maximum absolute atomic E-state index is 12.7. The minimum atomic E-state index is -3.31. The molecule has 8 aromatic rings. The van der Waals surface area contributed by atoms with Gasteiger partial charge in [0.05, 0.1) is 0 Å². The topological polar surface area (TPSA) is 38.1 Å². The SMILES string of the molecule is O[PH](c1ccccc1)(c1ccccc1)c1cccc(-c2nc3ccccc3c3c4ccccc4n(-c4ccccc4)c23)c1. The summed E-state index contributed by atoms with van der Waals surface area (Å²) in [6, 6.07) is 56.1. The van der Waals surface area contributed by atoms with E-state index >= 15 is 0 Å². The molecule has 0 radical (unpaired) electrons. The molecular weight excluding hydrogens is 543 g/mol. The van der Waals surface area contributed by atoms with Crippen LogP contribution >= 0.6 is 7.49 Å². The average Bonchev–Trinajstić information content (AvgIpc) is 3.44. The van der Waals surface area contributed by atoms with E-state index in [1.54, 1.807) is 0 Å². The van der Waals surface area contributed by atoms with Gasteiger partial charge in [0.15, 0.2) is 0 Å². The Morgan fingerprint density at radius 3 is 1.77 bits per heavy atom. The molecule has 8 rings (SSSR count). The fraction of sp³-hybridized carbons (Fsp3) is 0. The first kappa shape index (κ1) is 25.6. The number of aromatic nitrogens is 2. The van der Waals surface area contributed by atoms with Crippen LogP contribution in [0.5, 0.6) is 0 Å². The molecule has 0 saturated heterocycles. The summed E-state index contributed by atoms with van der Waals surface area (Å²) < 4.78 is 2.34. The molecule has 2 heterocycles. The van der Waals surface area contributed by atoms with Crippen molar-refractivity contribution in [2.75, 3.05) is 0 Å². The molecule has 0 aliphatic heterocycles. The fourth-order valence-electron chi connectivity index (χ4n) is 6.49. The van der Waals surface area contributed by atoms with E-state index in [0.717, 1.165) is 54.8 Å². The molecule has 2 aromatic heterocycles. The van der Waals surface area contributed by atoms with Gasteiger partial charge in [0.1, 0.15) is 0 Å². The van der Waals surface area contributed by atoms with Crippen molar-refractivity contribution in [2.45, 2.75) is 0 Å². The van der Waals surface area contributed by atoms with Crippen molar-refractivity contribution in [3.63, 3.8) is 0 Å². The van der Waals surface area contributed by atoms with Crippen LogP contribution in [-0.2, 0) is 0 Å². The van der Waals surface area contributed by atoms with Gasteiger partial charge in [-0.2, -0.15) is 0 Å². The van der Waals surface area contributed by atoms with E-state index in [2.05, 4.69) is 95.6 Å². The van der Waals surface area contributed by atoms with Crippen LogP contribution in [0.25, 0.3) is 49.7 Å². The Hall–Kier alpha value is -5.08. The molecule has 0 fully saturated rings. The van der Waals surface area contributed by atoms with Crippen molar-refractivity contribution in [1.29, 1.82) is 0 Å². The van der Waals surface area contributed by atoms with Gasteiger partial charge in [0.25, 0.3) is 0 Å². The van der Waals surface area contributed by atoms with Crippen LogP contribution in [0.3, 0.4) is 0 Å². The number of nitrogens with zero attached hydrogens (tertiary/aromatic N) is 2. The van der Waals surface area contributed by atoms with E-state index in [1.165, 1.54) is 10.8 Å². The fourth-order valence-corrected chi connectivity index (χ4v) is 9.54. The van der Waals surface area contributed by atoms with Crippen molar-refractivity contribution < 1.29 is 4.89 Å². The first-order valence-corrected chi connectivity index (χ1v) is 16.5. The Kier molecular flexibility index (Phi) is 6.15. The zero-order chi connectivity index (χ0) is 28.8. The summed E-state index contributed by atoms with van der Waals surface area (Å²) >= 11 is 0. The summed E-state index contributed by atoms with van der Waals surface area (Å²) in [6.07, 6.45) is 0. The molecule has 0 saturated carbocycles. The average molecular weight is 573 g/mol. The van der Waals surface area contributed by atoms with Gasteiger partial charge >= 0.3 is 251 Å². The van der Waals surface area contributed by atoms with Gasteiger partial charge in [-0.25, -0.2) is 0 Å². The summed E-state index contributed by atoms with van der Waals surface area (Å²) in [5.74, 6) is 0. The minimum absolute atomic E-state index is 0.896. The van der Waals surface area contributed by atoms with Gasteiger partial charge < -0.3 is 0 Å². The summed E-state index contributed by atoms with van der Waals surface area (Å²) in [5, 5.41) is 6.33. The predicted octanol–water partition coefficient (Wildman–Crippen LogP) is 7.93. The maximum atomic E-state index is 12.7. The number of pyridine rings is 1. The molecule has 6 aromatic carbocycles. The van der Waals surface area contributed by atoms with E-state index in [9.17, 15) is 4.89 Å². The van der Waals surface area contributed by atoms with Crippen LogP contribution < -0.4 is 15.9 Å². The molecule has 0 bridgehead atoms. The second-order valence-electron chi connectivity index (χ2n) is 10.9. The summed E-state index contributed by atoms with van der Waals surface area (Å²) in [5.41, 5.74) is 6.11. The van der Waals surface area contributed by atoms with Crippen molar-refractivity contribution in [2.24, 2.45) is 0 Å². The normalized spacial score (nSPS) is 12.2. The van der Waals surface area contributed by atoms with Crippen LogP contribution in [0, 0.1) is 0 Å². The number of para-hydroxylation sites is 3. The molecule has 3 nitrogen and oxygen atoms in total. The molecule has 0 aliphatic rings. The first-order valence-electron chi connectivity index (χ1n) is 14.5. The van der Waals surface area contributed by atoms with E-state index in [4.69, 9.17) is 4.98 Å². The first-order chi connectivity index (χ1) is 21.2.